The Morgan fingerprint density at radius 3 is 2.91 bits per heavy atom. The van der Waals surface area contributed by atoms with Gasteiger partial charge < -0.3 is 4.90 Å². The molecule has 0 bridgehead atoms. The summed E-state index contributed by atoms with van der Waals surface area (Å²) in [5.41, 5.74) is 2.41. The number of benzene rings is 1. The van der Waals surface area contributed by atoms with Crippen LogP contribution in [0.15, 0.2) is 36.5 Å². The van der Waals surface area contributed by atoms with E-state index in [-0.39, 0.29) is 5.91 Å². The molecule has 1 aliphatic heterocycles. The highest BCUT2D eigenvalue weighted by Gasteiger charge is 2.22. The average molecular weight is 292 g/mol. The number of rotatable bonds is 2. The maximum Gasteiger partial charge on any atom is 0.298 e. The first-order valence-electron chi connectivity index (χ1n) is 7.81. The molecule has 0 atom stereocenters. The van der Waals surface area contributed by atoms with Crippen LogP contribution in [-0.2, 0) is 11.2 Å². The Morgan fingerprint density at radius 1 is 1.32 bits per heavy atom. The van der Waals surface area contributed by atoms with Gasteiger partial charge in [0.05, 0.1) is 5.52 Å². The molecule has 3 nitrogen and oxygen atoms in total. The summed E-state index contributed by atoms with van der Waals surface area (Å²) in [6.07, 6.45) is 5.02. The van der Waals surface area contributed by atoms with Crippen LogP contribution in [0.1, 0.15) is 25.3 Å². The minimum absolute atomic E-state index is 0.0299. The second-order valence-electron chi connectivity index (χ2n) is 5.85. The minimum atomic E-state index is -0.0299. The Kier molecular flexibility index (Phi) is 4.39. The van der Waals surface area contributed by atoms with Gasteiger partial charge in [-0.1, -0.05) is 18.1 Å². The van der Waals surface area contributed by atoms with Crippen molar-refractivity contribution in [2.75, 3.05) is 13.1 Å². The summed E-state index contributed by atoms with van der Waals surface area (Å²) in [6.45, 7) is 3.36. The van der Waals surface area contributed by atoms with Gasteiger partial charge in [-0.2, -0.15) is 0 Å². The van der Waals surface area contributed by atoms with Crippen LogP contribution in [0, 0.1) is 17.8 Å². The van der Waals surface area contributed by atoms with Crippen LogP contribution in [0.3, 0.4) is 0 Å². The summed E-state index contributed by atoms with van der Waals surface area (Å²) in [4.78, 5) is 18.0. The molecule has 1 amide bonds. The molecule has 3 heteroatoms. The lowest BCUT2D eigenvalue weighted by molar-refractivity contribution is -0.126. The van der Waals surface area contributed by atoms with E-state index in [1.54, 1.807) is 6.92 Å². The van der Waals surface area contributed by atoms with Gasteiger partial charge in [0.2, 0.25) is 0 Å². The number of carbonyl (C=O) groups excluding carboxylic acids is 1. The number of carbonyl (C=O) groups is 1. The highest BCUT2D eigenvalue weighted by Crippen LogP contribution is 2.23. The standard InChI is InChI=1S/C19H20N2O/c1-2-4-19(22)21-11-8-15(9-12-21)13-16-6-7-18-17(14-16)5-3-10-20-18/h3,5-7,10,14-15H,8-9,11-13H2,1H3. The summed E-state index contributed by atoms with van der Waals surface area (Å²) in [7, 11) is 0. The molecule has 1 fully saturated rings. The number of piperidine rings is 1. The molecular weight excluding hydrogens is 272 g/mol. The molecule has 0 aliphatic carbocycles. The van der Waals surface area contributed by atoms with E-state index in [0.717, 1.165) is 37.9 Å². The van der Waals surface area contributed by atoms with E-state index < -0.39 is 0 Å². The smallest absolute Gasteiger partial charge is 0.298 e. The predicted octanol–water partition coefficient (Wildman–Crippen LogP) is 3.04. The van der Waals surface area contributed by atoms with Crippen molar-refractivity contribution in [3.8, 4) is 11.8 Å². The van der Waals surface area contributed by atoms with Crippen LogP contribution in [0.4, 0.5) is 0 Å². The number of hydrogen-bond acceptors (Lipinski definition) is 2. The number of pyridine rings is 1. The summed E-state index contributed by atoms with van der Waals surface area (Å²) >= 11 is 0. The fourth-order valence-electron chi connectivity index (χ4n) is 3.11. The fraction of sp³-hybridized carbons (Fsp3) is 0.368. The molecule has 2 aromatic rings. The Bertz CT molecular complexity index is 734. The molecule has 1 aliphatic rings. The summed E-state index contributed by atoms with van der Waals surface area (Å²) in [5.74, 6) is 5.93. The van der Waals surface area contributed by atoms with Crippen molar-refractivity contribution in [2.24, 2.45) is 5.92 Å². The second-order valence-corrected chi connectivity index (χ2v) is 5.85. The van der Waals surface area contributed by atoms with Crippen LogP contribution in [0.2, 0.25) is 0 Å². The Hall–Kier alpha value is -2.34. The van der Waals surface area contributed by atoms with Crippen LogP contribution in [0.25, 0.3) is 10.9 Å². The zero-order valence-corrected chi connectivity index (χ0v) is 12.9. The third kappa shape index (κ3) is 3.28. The zero-order valence-electron chi connectivity index (χ0n) is 12.9. The number of nitrogens with zero attached hydrogens (tertiary/aromatic N) is 2. The first kappa shape index (κ1) is 14.6. The summed E-state index contributed by atoms with van der Waals surface area (Å²) < 4.78 is 0. The molecule has 0 unspecified atom stereocenters. The van der Waals surface area contributed by atoms with Gasteiger partial charge in [0.1, 0.15) is 0 Å². The van der Waals surface area contributed by atoms with Crippen molar-refractivity contribution in [1.82, 2.24) is 9.88 Å². The van der Waals surface area contributed by atoms with E-state index in [1.165, 1.54) is 10.9 Å². The van der Waals surface area contributed by atoms with Gasteiger partial charge >= 0.3 is 0 Å². The van der Waals surface area contributed by atoms with Crippen LogP contribution in [0.5, 0.6) is 0 Å². The maximum atomic E-state index is 11.8. The fourth-order valence-corrected chi connectivity index (χ4v) is 3.11. The number of hydrogen-bond donors (Lipinski definition) is 0. The molecule has 1 saturated heterocycles. The van der Waals surface area contributed by atoms with Crippen molar-refractivity contribution in [3.05, 3.63) is 42.1 Å². The topological polar surface area (TPSA) is 33.2 Å². The largest absolute Gasteiger partial charge is 0.332 e. The second kappa shape index (κ2) is 6.62. The molecule has 0 N–H and O–H groups in total. The normalized spacial score (nSPS) is 15.4. The van der Waals surface area contributed by atoms with Crippen LogP contribution < -0.4 is 0 Å². The average Bonchev–Trinajstić information content (AvgIpc) is 2.56. The first-order valence-corrected chi connectivity index (χ1v) is 7.81. The Labute approximate surface area is 131 Å². The summed E-state index contributed by atoms with van der Waals surface area (Å²) in [6, 6.07) is 10.6. The van der Waals surface area contributed by atoms with Gasteiger partial charge in [0, 0.05) is 24.7 Å². The molecule has 2 heterocycles. The zero-order chi connectivity index (χ0) is 15.4. The first-order chi connectivity index (χ1) is 10.8. The number of fused-ring (bicyclic) bond motifs is 1. The maximum absolute atomic E-state index is 11.8. The van der Waals surface area contributed by atoms with E-state index in [9.17, 15) is 4.79 Å². The molecule has 0 spiro atoms. The van der Waals surface area contributed by atoms with Gasteiger partial charge in [-0.05, 0) is 61.8 Å². The molecular formula is C19H20N2O. The lowest BCUT2D eigenvalue weighted by atomic mass is 9.89. The van der Waals surface area contributed by atoms with Crippen LogP contribution in [-0.4, -0.2) is 28.9 Å². The molecule has 22 heavy (non-hydrogen) atoms. The van der Waals surface area contributed by atoms with Crippen molar-refractivity contribution in [1.29, 1.82) is 0 Å². The highest BCUT2D eigenvalue weighted by molar-refractivity contribution is 5.93. The Morgan fingerprint density at radius 2 is 2.14 bits per heavy atom. The third-order valence-corrected chi connectivity index (χ3v) is 4.33. The van der Waals surface area contributed by atoms with Gasteiger partial charge in [0.15, 0.2) is 0 Å². The number of likely N-dealkylation sites (tertiary alicyclic amines) is 1. The van der Waals surface area contributed by atoms with Gasteiger partial charge in [0.25, 0.3) is 5.91 Å². The van der Waals surface area contributed by atoms with E-state index in [2.05, 4.69) is 41.1 Å². The Balaban J connectivity index is 1.61. The highest BCUT2D eigenvalue weighted by atomic mass is 16.2. The third-order valence-electron chi connectivity index (χ3n) is 4.33. The minimum Gasteiger partial charge on any atom is -0.332 e. The predicted molar refractivity (Wildman–Crippen MR) is 88.2 cm³/mol. The van der Waals surface area contributed by atoms with E-state index in [1.807, 2.05) is 17.2 Å². The van der Waals surface area contributed by atoms with E-state index in [0.29, 0.717) is 5.92 Å². The van der Waals surface area contributed by atoms with Crippen molar-refractivity contribution < 1.29 is 4.79 Å². The van der Waals surface area contributed by atoms with Gasteiger partial charge in [-0.3, -0.25) is 9.78 Å². The summed E-state index contributed by atoms with van der Waals surface area (Å²) in [5, 5.41) is 1.20. The molecule has 1 aromatic heterocycles. The molecule has 1 aromatic carbocycles. The van der Waals surface area contributed by atoms with Gasteiger partial charge in [-0.25, -0.2) is 0 Å². The molecule has 112 valence electrons. The van der Waals surface area contributed by atoms with Gasteiger partial charge in [-0.15, -0.1) is 0 Å². The van der Waals surface area contributed by atoms with E-state index >= 15 is 0 Å². The van der Waals surface area contributed by atoms with Crippen molar-refractivity contribution >= 4 is 16.8 Å². The molecule has 0 radical (unpaired) electrons. The molecule has 0 saturated carbocycles. The number of aromatic nitrogens is 1. The quantitative estimate of drug-likeness (QED) is 0.797. The lowest BCUT2D eigenvalue weighted by Crippen LogP contribution is -2.38. The van der Waals surface area contributed by atoms with Crippen LogP contribution >= 0.6 is 0 Å². The van der Waals surface area contributed by atoms with Crippen molar-refractivity contribution in [3.63, 3.8) is 0 Å². The number of amides is 1. The monoisotopic (exact) mass is 292 g/mol. The van der Waals surface area contributed by atoms with E-state index in [4.69, 9.17) is 0 Å². The molecule has 3 rings (SSSR count). The van der Waals surface area contributed by atoms with Crippen molar-refractivity contribution in [2.45, 2.75) is 26.2 Å². The lowest BCUT2D eigenvalue weighted by Gasteiger charge is -2.30. The SMILES string of the molecule is CC#CC(=O)N1CCC(Cc2ccc3ncccc3c2)CC1.